The summed E-state index contributed by atoms with van der Waals surface area (Å²) >= 11 is 0. The fraction of sp³-hybridized carbons (Fsp3) is 0.235. The summed E-state index contributed by atoms with van der Waals surface area (Å²) in [6.45, 7) is 3.44. The molecule has 0 fully saturated rings. The summed E-state index contributed by atoms with van der Waals surface area (Å²) in [6.07, 6.45) is -0.414. The van der Waals surface area contributed by atoms with Gasteiger partial charge in [0, 0.05) is 12.5 Å². The van der Waals surface area contributed by atoms with Crippen molar-refractivity contribution in [1.29, 1.82) is 0 Å². The normalized spacial score (nSPS) is 11.8. The fourth-order valence-electron chi connectivity index (χ4n) is 2.04. The van der Waals surface area contributed by atoms with Crippen LogP contribution in [0.25, 0.3) is 0 Å². The molecule has 3 heteroatoms. The molecular weight excluding hydrogens is 252 g/mol. The molecule has 0 saturated heterocycles. The minimum Gasteiger partial charge on any atom is -0.497 e. The molecule has 2 aromatic carbocycles. The largest absolute Gasteiger partial charge is 0.497 e. The Morgan fingerprint density at radius 3 is 2.35 bits per heavy atom. The lowest BCUT2D eigenvalue weighted by Crippen LogP contribution is -2.10. The predicted molar refractivity (Wildman–Crippen MR) is 77.8 cm³/mol. The quantitative estimate of drug-likeness (QED) is 0.795. The van der Waals surface area contributed by atoms with Gasteiger partial charge in [0.15, 0.2) is 6.10 Å². The number of ether oxygens (including phenoxy) is 2. The standard InChI is InChI=1S/C17H18O3/c1-12-7-9-14(10-8-12)17(20-13(2)18)15-5-4-6-16(11-15)19-3/h4-11,17H,1-3H3. The predicted octanol–water partition coefficient (Wildman–Crippen LogP) is 3.66. The first-order chi connectivity index (χ1) is 9.60. The van der Waals surface area contributed by atoms with E-state index in [4.69, 9.17) is 9.47 Å². The maximum absolute atomic E-state index is 11.4. The van der Waals surface area contributed by atoms with Crippen LogP contribution >= 0.6 is 0 Å². The van der Waals surface area contributed by atoms with Crippen molar-refractivity contribution in [2.24, 2.45) is 0 Å². The molecule has 104 valence electrons. The molecule has 0 aliphatic carbocycles. The zero-order valence-electron chi connectivity index (χ0n) is 11.9. The Hall–Kier alpha value is -2.29. The Balaban J connectivity index is 2.40. The first-order valence-electron chi connectivity index (χ1n) is 6.48. The van der Waals surface area contributed by atoms with Gasteiger partial charge in [0.1, 0.15) is 5.75 Å². The highest BCUT2D eigenvalue weighted by Crippen LogP contribution is 2.28. The molecule has 0 aromatic heterocycles. The van der Waals surface area contributed by atoms with E-state index in [-0.39, 0.29) is 5.97 Å². The maximum atomic E-state index is 11.4. The van der Waals surface area contributed by atoms with E-state index in [0.29, 0.717) is 0 Å². The van der Waals surface area contributed by atoms with Crippen LogP contribution in [0, 0.1) is 6.92 Å². The molecule has 0 spiro atoms. The second kappa shape index (κ2) is 6.24. The average molecular weight is 270 g/mol. The van der Waals surface area contributed by atoms with E-state index in [0.717, 1.165) is 16.9 Å². The molecule has 3 nitrogen and oxygen atoms in total. The van der Waals surface area contributed by atoms with Crippen LogP contribution < -0.4 is 4.74 Å². The van der Waals surface area contributed by atoms with Crippen molar-refractivity contribution in [2.75, 3.05) is 7.11 Å². The third-order valence-electron chi connectivity index (χ3n) is 3.06. The third kappa shape index (κ3) is 3.38. The molecule has 20 heavy (non-hydrogen) atoms. The molecule has 0 N–H and O–H groups in total. The monoisotopic (exact) mass is 270 g/mol. The van der Waals surface area contributed by atoms with E-state index in [2.05, 4.69) is 0 Å². The number of aryl methyl sites for hydroxylation is 1. The highest BCUT2D eigenvalue weighted by Gasteiger charge is 2.17. The van der Waals surface area contributed by atoms with Crippen molar-refractivity contribution in [3.05, 3.63) is 65.2 Å². The van der Waals surface area contributed by atoms with Gasteiger partial charge in [-0.1, -0.05) is 42.0 Å². The van der Waals surface area contributed by atoms with Crippen molar-refractivity contribution in [3.63, 3.8) is 0 Å². The Labute approximate surface area is 119 Å². The van der Waals surface area contributed by atoms with Gasteiger partial charge in [-0.3, -0.25) is 4.79 Å². The van der Waals surface area contributed by atoms with Crippen molar-refractivity contribution in [1.82, 2.24) is 0 Å². The molecule has 2 rings (SSSR count). The molecule has 0 radical (unpaired) electrons. The van der Waals surface area contributed by atoms with Gasteiger partial charge >= 0.3 is 5.97 Å². The van der Waals surface area contributed by atoms with E-state index in [1.807, 2.05) is 55.5 Å². The van der Waals surface area contributed by atoms with Crippen LogP contribution in [0.5, 0.6) is 5.75 Å². The number of carbonyl (C=O) groups excluding carboxylic acids is 1. The lowest BCUT2D eigenvalue weighted by atomic mass is 10.00. The first kappa shape index (κ1) is 14.1. The highest BCUT2D eigenvalue weighted by molar-refractivity contribution is 5.67. The van der Waals surface area contributed by atoms with Crippen LogP contribution in [0.1, 0.15) is 29.7 Å². The maximum Gasteiger partial charge on any atom is 0.303 e. The second-order valence-corrected chi connectivity index (χ2v) is 4.68. The molecule has 0 heterocycles. The molecule has 0 bridgehead atoms. The molecule has 0 aliphatic rings. The zero-order chi connectivity index (χ0) is 14.5. The van der Waals surface area contributed by atoms with E-state index in [1.54, 1.807) is 7.11 Å². The van der Waals surface area contributed by atoms with Gasteiger partial charge in [0.05, 0.1) is 7.11 Å². The summed E-state index contributed by atoms with van der Waals surface area (Å²) in [7, 11) is 1.62. The molecule has 1 atom stereocenters. The SMILES string of the molecule is COc1cccc(C(OC(C)=O)c2ccc(C)cc2)c1. The Morgan fingerprint density at radius 1 is 1.05 bits per heavy atom. The summed E-state index contributed by atoms with van der Waals surface area (Å²) in [4.78, 5) is 11.4. The summed E-state index contributed by atoms with van der Waals surface area (Å²) < 4.78 is 10.7. The Bertz CT molecular complexity index is 587. The molecule has 0 aliphatic heterocycles. The van der Waals surface area contributed by atoms with E-state index < -0.39 is 6.10 Å². The van der Waals surface area contributed by atoms with Gasteiger partial charge in [0.2, 0.25) is 0 Å². The lowest BCUT2D eigenvalue weighted by molar-refractivity contribution is -0.144. The number of hydrogen-bond acceptors (Lipinski definition) is 3. The van der Waals surface area contributed by atoms with E-state index in [9.17, 15) is 4.79 Å². The van der Waals surface area contributed by atoms with Crippen molar-refractivity contribution >= 4 is 5.97 Å². The molecule has 1 unspecified atom stereocenters. The average Bonchev–Trinajstić information content (AvgIpc) is 2.46. The molecule has 0 saturated carbocycles. The molecular formula is C17H18O3. The van der Waals surface area contributed by atoms with Gasteiger partial charge in [-0.15, -0.1) is 0 Å². The molecule has 2 aromatic rings. The Kier molecular flexibility index (Phi) is 4.41. The number of esters is 1. The highest BCUT2D eigenvalue weighted by atomic mass is 16.5. The number of benzene rings is 2. The second-order valence-electron chi connectivity index (χ2n) is 4.68. The summed E-state index contributed by atoms with van der Waals surface area (Å²) in [6, 6.07) is 15.5. The number of rotatable bonds is 4. The van der Waals surface area contributed by atoms with Crippen molar-refractivity contribution in [3.8, 4) is 5.75 Å². The van der Waals surface area contributed by atoms with Gasteiger partial charge in [-0.2, -0.15) is 0 Å². The van der Waals surface area contributed by atoms with Gasteiger partial charge < -0.3 is 9.47 Å². The van der Waals surface area contributed by atoms with Crippen LogP contribution in [-0.4, -0.2) is 13.1 Å². The van der Waals surface area contributed by atoms with Crippen LogP contribution in [-0.2, 0) is 9.53 Å². The number of methoxy groups -OCH3 is 1. The lowest BCUT2D eigenvalue weighted by Gasteiger charge is -2.18. The van der Waals surface area contributed by atoms with Crippen LogP contribution in [0.4, 0.5) is 0 Å². The van der Waals surface area contributed by atoms with Gasteiger partial charge in [-0.25, -0.2) is 0 Å². The molecule has 0 amide bonds. The summed E-state index contributed by atoms with van der Waals surface area (Å²) in [5.74, 6) is 0.435. The van der Waals surface area contributed by atoms with Gasteiger partial charge in [-0.05, 0) is 24.6 Å². The van der Waals surface area contributed by atoms with Crippen LogP contribution in [0.3, 0.4) is 0 Å². The number of carbonyl (C=O) groups is 1. The summed E-state index contributed by atoms with van der Waals surface area (Å²) in [5.41, 5.74) is 3.00. The van der Waals surface area contributed by atoms with Crippen LogP contribution in [0.2, 0.25) is 0 Å². The Morgan fingerprint density at radius 2 is 1.75 bits per heavy atom. The third-order valence-corrected chi connectivity index (χ3v) is 3.06. The van der Waals surface area contributed by atoms with E-state index in [1.165, 1.54) is 12.5 Å². The fourth-order valence-corrected chi connectivity index (χ4v) is 2.04. The van der Waals surface area contributed by atoms with Crippen molar-refractivity contribution in [2.45, 2.75) is 20.0 Å². The first-order valence-corrected chi connectivity index (χ1v) is 6.48. The van der Waals surface area contributed by atoms with Crippen molar-refractivity contribution < 1.29 is 14.3 Å². The smallest absolute Gasteiger partial charge is 0.303 e. The number of hydrogen-bond donors (Lipinski definition) is 0. The topological polar surface area (TPSA) is 35.5 Å². The zero-order valence-corrected chi connectivity index (χ0v) is 11.9. The summed E-state index contributed by atoms with van der Waals surface area (Å²) in [5, 5.41) is 0. The van der Waals surface area contributed by atoms with E-state index >= 15 is 0 Å². The van der Waals surface area contributed by atoms with Gasteiger partial charge in [0.25, 0.3) is 0 Å². The van der Waals surface area contributed by atoms with Crippen LogP contribution in [0.15, 0.2) is 48.5 Å². The minimum atomic E-state index is -0.414. The minimum absolute atomic E-state index is 0.307.